The summed E-state index contributed by atoms with van der Waals surface area (Å²) < 4.78 is 26.3. The van der Waals surface area contributed by atoms with Crippen LogP contribution in [0.15, 0.2) is 24.5 Å². The number of anilines is 3. The van der Waals surface area contributed by atoms with E-state index in [1.165, 1.54) is 11.1 Å². The number of amides is 2. The molecule has 10 nitrogen and oxygen atoms in total. The zero-order chi connectivity index (χ0) is 24.7. The molecule has 5 rings (SSSR count). The van der Waals surface area contributed by atoms with E-state index >= 15 is 4.39 Å². The predicted octanol–water partition coefficient (Wildman–Crippen LogP) is 3.30. The summed E-state index contributed by atoms with van der Waals surface area (Å²) in [5.41, 5.74) is 8.45. The minimum Gasteiger partial charge on any atom is -0.474 e. The smallest absolute Gasteiger partial charge is 0.413 e. The average Bonchev–Trinajstić information content (AvgIpc) is 2.84. The molecule has 2 aliphatic rings. The van der Waals surface area contributed by atoms with Gasteiger partial charge in [0.15, 0.2) is 5.82 Å². The van der Waals surface area contributed by atoms with Gasteiger partial charge < -0.3 is 25.4 Å². The summed E-state index contributed by atoms with van der Waals surface area (Å²) in [6.45, 7) is 3.34. The highest BCUT2D eigenvalue weighted by molar-refractivity contribution is 5.99. The highest BCUT2D eigenvalue weighted by Crippen LogP contribution is 2.39. The monoisotopic (exact) mass is 480 g/mol. The minimum absolute atomic E-state index is 0.0229. The summed E-state index contributed by atoms with van der Waals surface area (Å²) in [7, 11) is 1.67. The fraction of sp³-hybridized carbons (Fsp3) is 0.333. The van der Waals surface area contributed by atoms with Crippen LogP contribution < -0.4 is 21.1 Å². The van der Waals surface area contributed by atoms with E-state index in [9.17, 15) is 9.59 Å². The summed E-state index contributed by atoms with van der Waals surface area (Å²) in [5.74, 6) is 0.163. The lowest BCUT2D eigenvalue weighted by Crippen LogP contribution is -2.42. The van der Waals surface area contributed by atoms with Gasteiger partial charge in [-0.2, -0.15) is 0 Å². The van der Waals surface area contributed by atoms with E-state index in [4.69, 9.17) is 15.2 Å². The molecular formula is C24H25FN6O4. The van der Waals surface area contributed by atoms with Crippen molar-refractivity contribution in [3.8, 4) is 17.0 Å². The fourth-order valence-corrected chi connectivity index (χ4v) is 4.41. The summed E-state index contributed by atoms with van der Waals surface area (Å²) in [6.07, 6.45) is 2.69. The number of nitrogens with two attached hydrogens (primary N) is 1. The topological polar surface area (TPSA) is 132 Å². The molecular weight excluding hydrogens is 455 g/mol. The molecule has 0 radical (unpaired) electrons. The maximum Gasteiger partial charge on any atom is 0.413 e. The first-order valence-corrected chi connectivity index (χ1v) is 11.3. The van der Waals surface area contributed by atoms with Crippen molar-refractivity contribution in [2.75, 3.05) is 43.1 Å². The number of carbonyl (C=O) groups excluding carboxylic acids is 2. The molecule has 182 valence electrons. The maximum absolute atomic E-state index is 15.3. The van der Waals surface area contributed by atoms with Crippen molar-refractivity contribution in [3.63, 3.8) is 0 Å². The third-order valence-corrected chi connectivity index (χ3v) is 6.32. The number of piperidine rings is 1. The van der Waals surface area contributed by atoms with E-state index in [2.05, 4.69) is 20.6 Å². The molecule has 3 aromatic rings. The molecule has 1 aromatic carbocycles. The second kappa shape index (κ2) is 8.90. The molecule has 0 aliphatic carbocycles. The second-order valence-corrected chi connectivity index (χ2v) is 8.66. The summed E-state index contributed by atoms with van der Waals surface area (Å²) in [5, 5.41) is 6.86. The van der Waals surface area contributed by atoms with Crippen LogP contribution in [0, 0.1) is 12.7 Å². The normalized spacial score (nSPS) is 17.4. The van der Waals surface area contributed by atoms with Crippen molar-refractivity contribution in [2.24, 2.45) is 0 Å². The summed E-state index contributed by atoms with van der Waals surface area (Å²) in [4.78, 5) is 34.1. The Morgan fingerprint density at radius 1 is 1.31 bits per heavy atom. The number of pyridine rings is 2. The van der Waals surface area contributed by atoms with Gasteiger partial charge in [0, 0.05) is 48.9 Å². The van der Waals surface area contributed by atoms with Crippen LogP contribution in [0.2, 0.25) is 0 Å². The maximum atomic E-state index is 15.3. The number of hydrogen-bond acceptors (Lipinski definition) is 8. The molecule has 0 unspecified atom stereocenters. The molecule has 2 aromatic heterocycles. The fourth-order valence-electron chi connectivity index (χ4n) is 4.41. The molecule has 11 heteroatoms. The van der Waals surface area contributed by atoms with Gasteiger partial charge in [0.05, 0.1) is 12.2 Å². The number of halogens is 1. The van der Waals surface area contributed by atoms with Crippen LogP contribution in [-0.4, -0.2) is 59.7 Å². The van der Waals surface area contributed by atoms with Crippen molar-refractivity contribution < 1.29 is 23.5 Å². The van der Waals surface area contributed by atoms with Gasteiger partial charge in [-0.05, 0) is 36.4 Å². The van der Waals surface area contributed by atoms with Gasteiger partial charge in [0.1, 0.15) is 24.2 Å². The standard InChI is InChI=1S/C24H25FN6O4/c1-12-16(9-29-23-22(12)27-5-6-34-23)15-7-13-8-18(28-10-17(13)21(26)20(15)25)30-24(33)35-14-3-4-19(32)31(2)11-14/h7-10,14,27H,3-6,11,26H2,1-2H3,(H,28,30,33)/t14-/m1/s1. The number of rotatable bonds is 3. The van der Waals surface area contributed by atoms with Crippen molar-refractivity contribution in [2.45, 2.75) is 25.9 Å². The zero-order valence-corrected chi connectivity index (χ0v) is 19.4. The quantitative estimate of drug-likeness (QED) is 0.487. The third kappa shape index (κ3) is 4.25. The van der Waals surface area contributed by atoms with E-state index in [-0.39, 0.29) is 23.0 Å². The number of aromatic nitrogens is 2. The second-order valence-electron chi connectivity index (χ2n) is 8.66. The van der Waals surface area contributed by atoms with Gasteiger partial charge in [-0.15, -0.1) is 0 Å². The van der Waals surface area contributed by atoms with Gasteiger partial charge in [-0.3, -0.25) is 10.1 Å². The van der Waals surface area contributed by atoms with Crippen LogP contribution in [0.3, 0.4) is 0 Å². The van der Waals surface area contributed by atoms with Crippen LogP contribution in [0.1, 0.15) is 18.4 Å². The van der Waals surface area contributed by atoms with Crippen molar-refractivity contribution in [3.05, 3.63) is 35.9 Å². The molecule has 1 atom stereocenters. The first kappa shape index (κ1) is 22.6. The first-order chi connectivity index (χ1) is 16.8. The highest BCUT2D eigenvalue weighted by atomic mass is 19.1. The Labute approximate surface area is 200 Å². The van der Waals surface area contributed by atoms with Gasteiger partial charge in [-0.1, -0.05) is 0 Å². The Kier molecular flexibility index (Phi) is 5.75. The lowest BCUT2D eigenvalue weighted by Gasteiger charge is -2.29. The molecule has 4 heterocycles. The SMILES string of the molecule is Cc1c(-c2cc3cc(NC(=O)O[C@@H]4CCC(=O)N(C)C4)ncc3c(N)c2F)cnc2c1NCCO2. The van der Waals surface area contributed by atoms with Crippen molar-refractivity contribution >= 4 is 40.0 Å². The zero-order valence-electron chi connectivity index (χ0n) is 19.4. The largest absolute Gasteiger partial charge is 0.474 e. The number of nitrogens with one attached hydrogen (secondary N) is 2. The van der Waals surface area contributed by atoms with Gasteiger partial charge >= 0.3 is 6.09 Å². The van der Waals surface area contributed by atoms with Gasteiger partial charge in [0.25, 0.3) is 0 Å². The van der Waals surface area contributed by atoms with E-state index in [1.54, 1.807) is 25.4 Å². The Bertz CT molecular complexity index is 1350. The number of carbonyl (C=O) groups is 2. The molecule has 0 saturated carbocycles. The third-order valence-electron chi connectivity index (χ3n) is 6.32. The molecule has 4 N–H and O–H groups in total. The number of nitrogen functional groups attached to an aromatic ring is 1. The van der Waals surface area contributed by atoms with Crippen molar-refractivity contribution in [1.29, 1.82) is 0 Å². The summed E-state index contributed by atoms with van der Waals surface area (Å²) >= 11 is 0. The molecule has 1 saturated heterocycles. The van der Waals surface area contributed by atoms with Crippen LogP contribution in [0.5, 0.6) is 5.88 Å². The minimum atomic E-state index is -0.680. The van der Waals surface area contributed by atoms with Crippen LogP contribution in [-0.2, 0) is 9.53 Å². The van der Waals surface area contributed by atoms with E-state index in [0.717, 1.165) is 11.3 Å². The molecule has 35 heavy (non-hydrogen) atoms. The van der Waals surface area contributed by atoms with E-state index < -0.39 is 18.0 Å². The molecule has 1 fully saturated rings. The number of nitrogens with zero attached hydrogens (tertiary/aromatic N) is 3. The lowest BCUT2D eigenvalue weighted by molar-refractivity contribution is -0.134. The Hall–Kier alpha value is -4.15. The number of likely N-dealkylation sites (tertiary alicyclic amines) is 1. The van der Waals surface area contributed by atoms with Gasteiger partial charge in [0.2, 0.25) is 11.8 Å². The number of fused-ring (bicyclic) bond motifs is 2. The molecule has 0 bridgehead atoms. The highest BCUT2D eigenvalue weighted by Gasteiger charge is 2.26. The van der Waals surface area contributed by atoms with E-state index in [0.29, 0.717) is 54.8 Å². The average molecular weight is 481 g/mol. The Balaban J connectivity index is 1.43. The van der Waals surface area contributed by atoms with Gasteiger partial charge in [-0.25, -0.2) is 19.2 Å². The van der Waals surface area contributed by atoms with Crippen molar-refractivity contribution in [1.82, 2.24) is 14.9 Å². The number of ether oxygens (including phenoxy) is 2. The molecule has 2 amide bonds. The van der Waals surface area contributed by atoms with Crippen LogP contribution in [0.25, 0.3) is 21.9 Å². The first-order valence-electron chi connectivity index (χ1n) is 11.3. The Morgan fingerprint density at radius 2 is 2.14 bits per heavy atom. The van der Waals surface area contributed by atoms with Crippen LogP contribution in [0.4, 0.5) is 26.4 Å². The summed E-state index contributed by atoms with van der Waals surface area (Å²) in [6, 6.07) is 3.26. The number of likely N-dealkylation sites (N-methyl/N-ethyl adjacent to an activating group) is 1. The lowest BCUT2D eigenvalue weighted by atomic mass is 9.97. The number of hydrogen-bond donors (Lipinski definition) is 3. The Morgan fingerprint density at radius 3 is 2.94 bits per heavy atom. The molecule has 0 spiro atoms. The van der Waals surface area contributed by atoms with E-state index in [1.807, 2.05) is 6.92 Å². The predicted molar refractivity (Wildman–Crippen MR) is 129 cm³/mol. The van der Waals surface area contributed by atoms with Crippen LogP contribution >= 0.6 is 0 Å². The molecule has 2 aliphatic heterocycles. The number of benzene rings is 1.